The van der Waals surface area contributed by atoms with Gasteiger partial charge >= 0.3 is 6.18 Å². The van der Waals surface area contributed by atoms with Crippen LogP contribution < -0.4 is 21.0 Å². The van der Waals surface area contributed by atoms with E-state index in [0.29, 0.717) is 83.5 Å². The highest BCUT2D eigenvalue weighted by Crippen LogP contribution is 2.49. The Morgan fingerprint density at radius 2 is 1.69 bits per heavy atom. The highest BCUT2D eigenvalue weighted by molar-refractivity contribution is 5.96. The number of rotatable bonds is 26. The van der Waals surface area contributed by atoms with Crippen molar-refractivity contribution in [2.75, 3.05) is 70.9 Å². The molecular weight excluding hydrogens is 1070 g/mol. The second-order valence-corrected chi connectivity index (χ2v) is 27.2. The molecule has 6 heterocycles. The maximum Gasteiger partial charge on any atom is 0.436 e. The van der Waals surface area contributed by atoms with Crippen LogP contribution in [0.3, 0.4) is 0 Å². The molecule has 2 aliphatic carbocycles. The largest absolute Gasteiger partial charge is 0.436 e. The summed E-state index contributed by atoms with van der Waals surface area (Å²) in [4.78, 5) is 15.1. The molecule has 4 N–H and O–H groups in total. The van der Waals surface area contributed by atoms with Gasteiger partial charge in [0.2, 0.25) is 5.72 Å². The van der Waals surface area contributed by atoms with E-state index in [9.17, 15) is 5.11 Å². The van der Waals surface area contributed by atoms with Gasteiger partial charge < -0.3 is 29.8 Å². The van der Waals surface area contributed by atoms with E-state index in [0.717, 1.165) is 131 Å². The van der Waals surface area contributed by atoms with Crippen LogP contribution in [-0.2, 0) is 18.6 Å². The number of aliphatic hydroxyl groups is 1. The van der Waals surface area contributed by atoms with Gasteiger partial charge in [0.15, 0.2) is 0 Å². The molecule has 460 valence electrons. The Morgan fingerprint density at radius 1 is 0.941 bits per heavy atom. The van der Waals surface area contributed by atoms with Gasteiger partial charge in [-0.2, -0.15) is 13.2 Å². The van der Waals surface area contributed by atoms with Crippen molar-refractivity contribution in [1.29, 1.82) is 0 Å². The molecular formula is C71H99F3N10O. The van der Waals surface area contributed by atoms with E-state index in [1.165, 1.54) is 55.2 Å². The van der Waals surface area contributed by atoms with E-state index in [4.69, 9.17) is 24.6 Å². The number of allylic oxidation sites excluding steroid dienone is 1. The first kappa shape index (κ1) is 62.5. The van der Waals surface area contributed by atoms with Crippen LogP contribution in [0.4, 0.5) is 18.9 Å². The molecule has 2 aromatic carbocycles. The summed E-state index contributed by atoms with van der Waals surface area (Å²) in [6, 6.07) is 17.8. The lowest BCUT2D eigenvalue weighted by Gasteiger charge is -2.40. The molecule has 4 aliphatic heterocycles. The van der Waals surface area contributed by atoms with Crippen LogP contribution in [0.15, 0.2) is 104 Å². The number of hydrazine groups is 1. The Bertz CT molecular complexity index is 3070. The molecule has 85 heavy (non-hydrogen) atoms. The fourth-order valence-corrected chi connectivity index (χ4v) is 14.6. The van der Waals surface area contributed by atoms with Crippen LogP contribution in [0.25, 0.3) is 33.3 Å². The van der Waals surface area contributed by atoms with E-state index in [2.05, 4.69) is 123 Å². The Labute approximate surface area is 507 Å². The predicted octanol–water partition coefficient (Wildman–Crippen LogP) is 13.1. The van der Waals surface area contributed by atoms with Crippen molar-refractivity contribution in [1.82, 2.24) is 45.3 Å². The lowest BCUT2D eigenvalue weighted by Crippen LogP contribution is -2.51. The minimum Gasteiger partial charge on any atom is -0.379 e. The number of halogens is 3. The minimum absolute atomic E-state index is 0.128. The van der Waals surface area contributed by atoms with Gasteiger partial charge in [-0.25, -0.2) is 5.43 Å². The summed E-state index contributed by atoms with van der Waals surface area (Å²) >= 11 is 0. The zero-order valence-electron chi connectivity index (χ0n) is 52.4. The number of nitrogens with zero attached hydrogens (tertiary/aromatic N) is 7. The second kappa shape index (κ2) is 26.4. The number of nitrogens with one attached hydrogen (secondary N) is 3. The molecule has 6 aliphatic rings. The molecule has 0 bridgehead atoms. The van der Waals surface area contributed by atoms with Crippen molar-refractivity contribution in [3.8, 4) is 34.7 Å². The average molecular weight is 1170 g/mol. The Balaban J connectivity index is 0.970. The molecule has 4 aromatic rings. The van der Waals surface area contributed by atoms with Gasteiger partial charge in [-0.05, 0) is 161 Å². The number of anilines is 1. The molecule has 11 nitrogen and oxygen atoms in total. The summed E-state index contributed by atoms with van der Waals surface area (Å²) < 4.78 is 48.4. The summed E-state index contributed by atoms with van der Waals surface area (Å²) in [7, 11) is 2.30. The number of aromatic nitrogens is 2. The summed E-state index contributed by atoms with van der Waals surface area (Å²) in [6.07, 6.45) is 22.4. The van der Waals surface area contributed by atoms with E-state index in [-0.39, 0.29) is 18.0 Å². The molecule has 2 saturated carbocycles. The monoisotopic (exact) mass is 1160 g/mol. The third kappa shape index (κ3) is 14.2. The lowest BCUT2D eigenvalue weighted by atomic mass is 9.80. The fourth-order valence-electron chi connectivity index (χ4n) is 14.6. The summed E-state index contributed by atoms with van der Waals surface area (Å²) in [5.41, 5.74) is 9.69. The quantitative estimate of drug-likeness (QED) is 0.0276. The van der Waals surface area contributed by atoms with Crippen molar-refractivity contribution < 1.29 is 18.3 Å². The maximum absolute atomic E-state index is 15.7. The minimum atomic E-state index is -5.02. The fraction of sp³-hybridized carbons (Fsp3) is 0.592. The van der Waals surface area contributed by atoms with E-state index in [1.807, 2.05) is 32.2 Å². The van der Waals surface area contributed by atoms with Crippen molar-refractivity contribution in [3.05, 3.63) is 121 Å². The highest BCUT2D eigenvalue weighted by Gasteiger charge is 2.54. The Morgan fingerprint density at radius 3 is 2.38 bits per heavy atom. The average Bonchev–Trinajstić information content (AvgIpc) is 2.63. The number of likely N-dealkylation sites (N-methyl/N-ethyl adjacent to an activating group) is 1. The standard InChI is InChI=1S/C71H99F3N10O/c1-12-14-25-62-66(78-62)51(7)82-36-31-52(47-82)30-35-79(11)67(54-22-16-17-23-54)49(5)77-63(50(6)83-34-19-18-33-76-83)42-53-21-20-24-55(41-53)56-26-29-64-59(43-56)61(45-69(8,9)32-15-13-2)68(84(64)70(10,85)71(72,73)74)60-44-58(46-75-65(60)48(3)4)81-39-37-80(38-40-81)57-27-28-57/h2,14,20-21,24-26,29,41,43-44,46,48,52,54,57,62-63,66-67,76-78,85H,5-7,12,15-19,22-23,27-28,30-40,42,45,47H2,1,3-4,8-11H3/b25-14+. The van der Waals surface area contributed by atoms with Gasteiger partial charge in [0.1, 0.15) is 0 Å². The predicted molar refractivity (Wildman–Crippen MR) is 344 cm³/mol. The molecule has 0 radical (unpaired) electrons. The third-order valence-electron chi connectivity index (χ3n) is 19.8. The van der Waals surface area contributed by atoms with Crippen LogP contribution in [0.1, 0.15) is 148 Å². The zero-order chi connectivity index (χ0) is 60.4. The number of likely N-dealkylation sites (tertiary alicyclic amines) is 1. The van der Waals surface area contributed by atoms with Crippen LogP contribution in [0.2, 0.25) is 0 Å². The summed E-state index contributed by atoms with van der Waals surface area (Å²) in [5.74, 6) is 3.81. The van der Waals surface area contributed by atoms with Gasteiger partial charge in [0.25, 0.3) is 0 Å². The first-order chi connectivity index (χ1) is 40.7. The van der Waals surface area contributed by atoms with Crippen LogP contribution >= 0.6 is 0 Å². The number of hydrogen-bond donors (Lipinski definition) is 4. The van der Waals surface area contributed by atoms with Crippen LogP contribution in [0, 0.1) is 29.6 Å². The number of terminal acetylenes is 1. The lowest BCUT2D eigenvalue weighted by molar-refractivity contribution is -0.288. The normalized spacial score (nSPS) is 22.4. The van der Waals surface area contributed by atoms with Gasteiger partial charge in [0, 0.05) is 98.9 Å². The topological polar surface area (TPSA) is 100 Å². The molecule has 6 fully saturated rings. The van der Waals surface area contributed by atoms with Gasteiger partial charge in [-0.1, -0.05) is 110 Å². The molecule has 0 spiro atoms. The maximum atomic E-state index is 15.7. The first-order valence-electron chi connectivity index (χ1n) is 32.4. The van der Waals surface area contributed by atoms with Crippen molar-refractivity contribution in [3.63, 3.8) is 0 Å². The molecule has 10 rings (SSSR count). The summed E-state index contributed by atoms with van der Waals surface area (Å²) in [5, 5.41) is 22.7. The van der Waals surface area contributed by atoms with Gasteiger partial charge in [-0.3, -0.25) is 20.1 Å². The summed E-state index contributed by atoms with van der Waals surface area (Å²) in [6.45, 7) is 34.0. The van der Waals surface area contributed by atoms with Crippen molar-refractivity contribution in [2.24, 2.45) is 17.3 Å². The number of pyridine rings is 1. The van der Waals surface area contributed by atoms with Crippen LogP contribution in [-0.4, -0.2) is 137 Å². The number of fused-ring (bicyclic) bond motifs is 1. The van der Waals surface area contributed by atoms with Crippen LogP contribution in [0.5, 0.6) is 0 Å². The first-order valence-corrected chi connectivity index (χ1v) is 32.4. The van der Waals surface area contributed by atoms with Crippen molar-refractivity contribution >= 4 is 16.6 Å². The third-order valence-corrected chi connectivity index (χ3v) is 19.8. The molecule has 0 amide bonds. The Hall–Kier alpha value is -5.56. The number of hydrogen-bond acceptors (Lipinski definition) is 10. The Kier molecular flexibility index (Phi) is 19.4. The van der Waals surface area contributed by atoms with E-state index < -0.39 is 17.3 Å². The number of alkyl halides is 3. The number of benzene rings is 2. The highest BCUT2D eigenvalue weighted by atomic mass is 19.4. The smallest absolute Gasteiger partial charge is 0.379 e. The molecule has 6 atom stereocenters. The van der Waals surface area contributed by atoms with E-state index >= 15 is 13.2 Å². The molecule has 6 unspecified atom stereocenters. The molecule has 2 aromatic heterocycles. The SMILES string of the molecule is C#CCCC(C)(C)Cc1c(-c2cc(N3CCN(C4CC4)CC3)cnc2C(C)C)n(C(C)(O)C(F)(F)F)c2ccc(-c3cccc(CC(NC(=C)C(C4CCCC4)N(C)CCC4CCN(C(=C)C5NC5/C=C/CC)C4)C(=C)N4CCCCN4)c3)cc12. The van der Waals surface area contributed by atoms with E-state index in [1.54, 1.807) is 6.07 Å². The molecule has 4 saturated heterocycles. The molecule has 14 heteroatoms. The van der Waals surface area contributed by atoms with Gasteiger partial charge in [-0.15, -0.1) is 12.3 Å². The van der Waals surface area contributed by atoms with Gasteiger partial charge in [0.05, 0.1) is 46.9 Å². The van der Waals surface area contributed by atoms with Crippen molar-refractivity contribution in [2.45, 2.75) is 186 Å². The zero-order valence-corrected chi connectivity index (χ0v) is 52.4. The number of piperazine rings is 1. The second-order valence-electron chi connectivity index (χ2n) is 27.2.